The van der Waals surface area contributed by atoms with Gasteiger partial charge in [0, 0.05) is 10.0 Å². The summed E-state index contributed by atoms with van der Waals surface area (Å²) in [5.41, 5.74) is 4.79. The summed E-state index contributed by atoms with van der Waals surface area (Å²) in [6.07, 6.45) is -4.50. The van der Waals surface area contributed by atoms with E-state index in [9.17, 15) is 13.2 Å². The van der Waals surface area contributed by atoms with Crippen LogP contribution in [0.15, 0.2) is 18.2 Å². The Morgan fingerprint density at radius 2 is 1.79 bits per heavy atom. The molecule has 0 saturated carbocycles. The number of nitrogens with two attached hydrogens (primary N) is 1. The molecule has 1 aromatic rings. The number of halogens is 5. The van der Waals surface area contributed by atoms with Gasteiger partial charge < -0.3 is 5.73 Å². The largest absolute Gasteiger partial charge is 0.407 e. The molecular weight excluding hydrogens is 238 g/mol. The first-order chi connectivity index (χ1) is 6.32. The van der Waals surface area contributed by atoms with E-state index in [0.29, 0.717) is 0 Å². The SMILES string of the molecule is N[C@@H](c1ccc(Cl)cc1Cl)C(F)(F)F. The fourth-order valence-corrected chi connectivity index (χ4v) is 1.46. The zero-order valence-electron chi connectivity index (χ0n) is 6.78. The minimum Gasteiger partial charge on any atom is -0.316 e. The minimum absolute atomic E-state index is 0.0812. The molecule has 1 rings (SSSR count). The van der Waals surface area contributed by atoms with Gasteiger partial charge in [-0.2, -0.15) is 13.2 Å². The number of benzene rings is 1. The van der Waals surface area contributed by atoms with Gasteiger partial charge in [-0.05, 0) is 17.7 Å². The standard InChI is InChI=1S/C8H6Cl2F3N/c9-4-1-2-5(6(10)3-4)7(14)8(11,12)13/h1-3,7H,14H2/t7-/m0/s1. The highest BCUT2D eigenvalue weighted by molar-refractivity contribution is 6.35. The van der Waals surface area contributed by atoms with Gasteiger partial charge in [-0.1, -0.05) is 29.3 Å². The lowest BCUT2D eigenvalue weighted by molar-refractivity contribution is -0.149. The smallest absolute Gasteiger partial charge is 0.316 e. The number of hydrogen-bond acceptors (Lipinski definition) is 1. The first-order valence-electron chi connectivity index (χ1n) is 3.59. The van der Waals surface area contributed by atoms with Gasteiger partial charge in [-0.15, -0.1) is 0 Å². The molecule has 2 N–H and O–H groups in total. The second kappa shape index (κ2) is 3.96. The van der Waals surface area contributed by atoms with Crippen molar-refractivity contribution in [3.63, 3.8) is 0 Å². The van der Waals surface area contributed by atoms with Crippen LogP contribution in [0.5, 0.6) is 0 Å². The molecule has 0 unspecified atom stereocenters. The Morgan fingerprint density at radius 3 is 2.21 bits per heavy atom. The molecule has 0 saturated heterocycles. The molecule has 6 heteroatoms. The Labute approximate surface area is 88.6 Å². The molecule has 1 atom stereocenters. The lowest BCUT2D eigenvalue weighted by Crippen LogP contribution is -2.28. The Hall–Kier alpha value is -0.450. The molecule has 1 aromatic carbocycles. The Bertz CT molecular complexity index is 338. The molecule has 1 nitrogen and oxygen atoms in total. The van der Waals surface area contributed by atoms with Crippen molar-refractivity contribution in [3.8, 4) is 0 Å². The van der Waals surface area contributed by atoms with Crippen LogP contribution in [0.1, 0.15) is 11.6 Å². The first-order valence-corrected chi connectivity index (χ1v) is 4.35. The predicted octanol–water partition coefficient (Wildman–Crippen LogP) is 3.56. The third-order valence-electron chi connectivity index (χ3n) is 1.65. The second-order valence-corrected chi connectivity index (χ2v) is 3.53. The summed E-state index contributed by atoms with van der Waals surface area (Å²) in [6, 6.07) is 1.63. The Kier molecular flexibility index (Phi) is 3.29. The van der Waals surface area contributed by atoms with E-state index in [-0.39, 0.29) is 15.6 Å². The van der Waals surface area contributed by atoms with Gasteiger partial charge in [-0.25, -0.2) is 0 Å². The van der Waals surface area contributed by atoms with Crippen molar-refractivity contribution in [3.05, 3.63) is 33.8 Å². The van der Waals surface area contributed by atoms with Crippen molar-refractivity contribution < 1.29 is 13.2 Å². The van der Waals surface area contributed by atoms with Gasteiger partial charge >= 0.3 is 6.18 Å². The predicted molar refractivity (Wildman–Crippen MR) is 49.4 cm³/mol. The summed E-state index contributed by atoms with van der Waals surface area (Å²) in [5.74, 6) is 0. The molecule has 0 bridgehead atoms. The maximum absolute atomic E-state index is 12.2. The summed E-state index contributed by atoms with van der Waals surface area (Å²) < 4.78 is 36.6. The van der Waals surface area contributed by atoms with Crippen LogP contribution in [0.2, 0.25) is 10.0 Å². The highest BCUT2D eigenvalue weighted by Gasteiger charge is 2.38. The average molecular weight is 244 g/mol. The molecule has 14 heavy (non-hydrogen) atoms. The molecule has 0 aliphatic heterocycles. The van der Waals surface area contributed by atoms with Crippen LogP contribution in [-0.2, 0) is 0 Å². The zero-order chi connectivity index (χ0) is 10.9. The van der Waals surface area contributed by atoms with Gasteiger partial charge in [0.1, 0.15) is 6.04 Å². The van der Waals surface area contributed by atoms with Crippen LogP contribution in [-0.4, -0.2) is 6.18 Å². The van der Waals surface area contributed by atoms with Crippen molar-refractivity contribution in [1.29, 1.82) is 0 Å². The lowest BCUT2D eigenvalue weighted by atomic mass is 10.1. The molecular formula is C8H6Cl2F3N. The van der Waals surface area contributed by atoms with Crippen molar-refractivity contribution >= 4 is 23.2 Å². The molecule has 0 amide bonds. The topological polar surface area (TPSA) is 26.0 Å². The maximum atomic E-state index is 12.2. The second-order valence-electron chi connectivity index (χ2n) is 2.69. The molecule has 0 aliphatic carbocycles. The van der Waals surface area contributed by atoms with Gasteiger partial charge in [0.05, 0.1) is 0 Å². The van der Waals surface area contributed by atoms with E-state index in [1.165, 1.54) is 18.2 Å². The molecule has 0 fully saturated rings. The van der Waals surface area contributed by atoms with E-state index >= 15 is 0 Å². The van der Waals surface area contributed by atoms with Crippen LogP contribution in [0.25, 0.3) is 0 Å². The summed E-state index contributed by atoms with van der Waals surface area (Å²) in [7, 11) is 0. The molecule has 0 spiro atoms. The van der Waals surface area contributed by atoms with E-state index in [0.717, 1.165) is 0 Å². The van der Waals surface area contributed by atoms with Crippen LogP contribution in [0, 0.1) is 0 Å². The van der Waals surface area contributed by atoms with Gasteiger partial charge in [0.25, 0.3) is 0 Å². The van der Waals surface area contributed by atoms with E-state index in [2.05, 4.69) is 0 Å². The monoisotopic (exact) mass is 243 g/mol. The minimum atomic E-state index is -4.50. The average Bonchev–Trinajstić information content (AvgIpc) is 2.01. The van der Waals surface area contributed by atoms with Gasteiger partial charge in [0.15, 0.2) is 0 Å². The van der Waals surface area contributed by atoms with Crippen molar-refractivity contribution in [2.24, 2.45) is 5.73 Å². The maximum Gasteiger partial charge on any atom is 0.407 e. The number of rotatable bonds is 1. The third kappa shape index (κ3) is 2.53. The number of alkyl halides is 3. The van der Waals surface area contributed by atoms with Gasteiger partial charge in [0.2, 0.25) is 0 Å². The molecule has 0 heterocycles. The highest BCUT2D eigenvalue weighted by Crippen LogP contribution is 2.34. The van der Waals surface area contributed by atoms with E-state index < -0.39 is 12.2 Å². The quantitative estimate of drug-likeness (QED) is 0.802. The highest BCUT2D eigenvalue weighted by atomic mass is 35.5. The normalized spacial score (nSPS) is 14.1. The first kappa shape index (κ1) is 11.6. The van der Waals surface area contributed by atoms with E-state index in [4.69, 9.17) is 28.9 Å². The summed E-state index contributed by atoms with van der Waals surface area (Å²) in [6.45, 7) is 0. The third-order valence-corrected chi connectivity index (χ3v) is 2.21. The van der Waals surface area contributed by atoms with Crippen LogP contribution in [0.3, 0.4) is 0 Å². The van der Waals surface area contributed by atoms with E-state index in [1.807, 2.05) is 0 Å². The Morgan fingerprint density at radius 1 is 1.21 bits per heavy atom. The van der Waals surface area contributed by atoms with Crippen molar-refractivity contribution in [1.82, 2.24) is 0 Å². The molecule has 78 valence electrons. The molecule has 0 aromatic heterocycles. The van der Waals surface area contributed by atoms with Crippen LogP contribution >= 0.6 is 23.2 Å². The lowest BCUT2D eigenvalue weighted by Gasteiger charge is -2.16. The Balaban J connectivity index is 3.08. The van der Waals surface area contributed by atoms with Gasteiger partial charge in [-0.3, -0.25) is 0 Å². The molecule has 0 radical (unpaired) electrons. The van der Waals surface area contributed by atoms with Crippen LogP contribution in [0.4, 0.5) is 13.2 Å². The summed E-state index contributed by atoms with van der Waals surface area (Å²) in [4.78, 5) is 0. The number of hydrogen-bond donors (Lipinski definition) is 1. The summed E-state index contributed by atoms with van der Waals surface area (Å²) >= 11 is 11.1. The fourth-order valence-electron chi connectivity index (χ4n) is 0.930. The van der Waals surface area contributed by atoms with Crippen LogP contribution < -0.4 is 5.73 Å². The fraction of sp³-hybridized carbons (Fsp3) is 0.250. The zero-order valence-corrected chi connectivity index (χ0v) is 8.29. The van der Waals surface area contributed by atoms with E-state index in [1.54, 1.807) is 0 Å². The molecule has 0 aliphatic rings. The summed E-state index contributed by atoms with van der Waals surface area (Å²) in [5, 5.41) is 0.190. The van der Waals surface area contributed by atoms with Crippen molar-refractivity contribution in [2.75, 3.05) is 0 Å². The van der Waals surface area contributed by atoms with Crippen molar-refractivity contribution in [2.45, 2.75) is 12.2 Å².